The van der Waals surface area contributed by atoms with Crippen LogP contribution in [0.1, 0.15) is 0 Å². The Bertz CT molecular complexity index is 3800. The van der Waals surface area contributed by atoms with Crippen molar-refractivity contribution in [1.29, 1.82) is 0 Å². The number of furan rings is 2. The smallest absolute Gasteiger partial charge is 0.143 e. The van der Waals surface area contributed by atoms with Gasteiger partial charge in [0, 0.05) is 49.0 Å². The first-order chi connectivity index (χ1) is 28.8. The lowest BCUT2D eigenvalue weighted by Gasteiger charge is -2.11. The summed E-state index contributed by atoms with van der Waals surface area (Å²) in [5, 5.41) is 9.29. The van der Waals surface area contributed by atoms with E-state index in [2.05, 4.69) is 191 Å². The molecule has 0 spiro atoms. The third kappa shape index (κ3) is 4.34. The van der Waals surface area contributed by atoms with Crippen molar-refractivity contribution < 1.29 is 8.83 Å². The van der Waals surface area contributed by atoms with E-state index < -0.39 is 0 Å². The Morgan fingerprint density at radius 2 is 0.931 bits per heavy atom. The van der Waals surface area contributed by atoms with E-state index in [1.165, 1.54) is 38.2 Å². The van der Waals surface area contributed by atoms with E-state index in [1.807, 2.05) is 12.1 Å². The fraction of sp³-hybridized carbons (Fsp3) is 0. The van der Waals surface area contributed by atoms with E-state index in [-0.39, 0.29) is 0 Å². The molecular formula is C54H32N2O2. The Kier molecular flexibility index (Phi) is 6.41. The van der Waals surface area contributed by atoms with Crippen molar-refractivity contribution in [2.24, 2.45) is 0 Å². The Balaban J connectivity index is 1.17. The lowest BCUT2D eigenvalue weighted by molar-refractivity contribution is 0.668. The van der Waals surface area contributed by atoms with E-state index in [0.29, 0.717) is 0 Å². The van der Waals surface area contributed by atoms with Crippen molar-refractivity contribution in [1.82, 2.24) is 9.13 Å². The molecule has 0 bridgehead atoms. The zero-order valence-corrected chi connectivity index (χ0v) is 31.2. The molecule has 4 heteroatoms. The molecule has 0 unspecified atom stereocenters. The standard InChI is InChI=1S/C54H32N2O2/c1-2-13-33(14-3-1)34-15-10-16-36(31-34)55-43-22-7-4-18-40(43)52-46(55)29-30-47-53(52)42-32-35(37-20-11-21-39-38-17-5-8-24-48(38)58-54(37)39)27-28-44(42)56(47)45-23-12-26-50-51(45)41-19-6-9-25-49(41)57-50/h1-32H. The maximum Gasteiger partial charge on any atom is 0.143 e. The van der Waals surface area contributed by atoms with Gasteiger partial charge in [-0.1, -0.05) is 127 Å². The third-order valence-electron chi connectivity index (χ3n) is 12.1. The monoisotopic (exact) mass is 740 g/mol. The highest BCUT2D eigenvalue weighted by molar-refractivity contribution is 6.30. The molecule has 4 nitrogen and oxygen atoms in total. The summed E-state index contributed by atoms with van der Waals surface area (Å²) in [5.74, 6) is 0. The molecular weight excluding hydrogens is 709 g/mol. The van der Waals surface area contributed by atoms with E-state index in [1.54, 1.807) is 0 Å². The van der Waals surface area contributed by atoms with Crippen LogP contribution in [0.4, 0.5) is 0 Å². The predicted molar refractivity (Wildman–Crippen MR) is 241 cm³/mol. The summed E-state index contributed by atoms with van der Waals surface area (Å²) in [6.07, 6.45) is 0. The zero-order chi connectivity index (χ0) is 37.9. The van der Waals surface area contributed by atoms with E-state index >= 15 is 0 Å². The minimum absolute atomic E-state index is 0.873. The van der Waals surface area contributed by atoms with Gasteiger partial charge >= 0.3 is 0 Å². The molecule has 0 aliphatic rings. The first-order valence-electron chi connectivity index (χ1n) is 19.8. The van der Waals surface area contributed by atoms with Crippen LogP contribution < -0.4 is 0 Å². The average Bonchev–Trinajstić information content (AvgIpc) is 4.04. The number of benzene rings is 9. The summed E-state index contributed by atoms with van der Waals surface area (Å²) < 4.78 is 17.9. The lowest BCUT2D eigenvalue weighted by Crippen LogP contribution is -1.96. The summed E-state index contributed by atoms with van der Waals surface area (Å²) in [4.78, 5) is 0. The molecule has 0 aliphatic heterocycles. The van der Waals surface area contributed by atoms with Crippen molar-refractivity contribution in [3.05, 3.63) is 194 Å². The number of hydrogen-bond acceptors (Lipinski definition) is 2. The highest BCUT2D eigenvalue weighted by Gasteiger charge is 2.23. The van der Waals surface area contributed by atoms with Gasteiger partial charge < -0.3 is 18.0 Å². The quantitative estimate of drug-likeness (QED) is 0.180. The van der Waals surface area contributed by atoms with Crippen LogP contribution in [0, 0.1) is 0 Å². The maximum absolute atomic E-state index is 6.60. The van der Waals surface area contributed by atoms with Crippen molar-refractivity contribution in [3.63, 3.8) is 0 Å². The maximum atomic E-state index is 6.60. The van der Waals surface area contributed by atoms with Crippen LogP contribution >= 0.6 is 0 Å². The normalized spacial score (nSPS) is 12.1. The van der Waals surface area contributed by atoms with Gasteiger partial charge in [0.15, 0.2) is 0 Å². The molecule has 0 atom stereocenters. The van der Waals surface area contributed by atoms with E-state index in [0.717, 1.165) is 82.9 Å². The lowest BCUT2D eigenvalue weighted by atomic mass is 9.99. The SMILES string of the molecule is c1ccc(-c2cccc(-n3c4ccccc4c4c5c6cc(-c7cccc8c7oc7ccccc78)ccc6n(-c6cccc7oc8ccccc8c67)c5ccc43)c2)cc1. The summed E-state index contributed by atoms with van der Waals surface area (Å²) in [6.45, 7) is 0. The molecule has 0 aliphatic carbocycles. The van der Waals surface area contributed by atoms with Crippen molar-refractivity contribution in [2.75, 3.05) is 0 Å². The summed E-state index contributed by atoms with van der Waals surface area (Å²) in [7, 11) is 0. The van der Waals surface area contributed by atoms with Gasteiger partial charge in [0.2, 0.25) is 0 Å². The molecule has 270 valence electrons. The number of fused-ring (bicyclic) bond motifs is 13. The molecule has 4 aromatic heterocycles. The number of aromatic nitrogens is 2. The number of nitrogens with zero attached hydrogens (tertiary/aromatic N) is 2. The molecule has 13 rings (SSSR count). The Morgan fingerprint density at radius 1 is 0.310 bits per heavy atom. The van der Waals surface area contributed by atoms with Crippen LogP contribution in [0.3, 0.4) is 0 Å². The Labute approximate surface area is 332 Å². The molecule has 0 N–H and O–H groups in total. The molecule has 0 saturated carbocycles. The van der Waals surface area contributed by atoms with Crippen LogP contribution in [0.15, 0.2) is 203 Å². The highest BCUT2D eigenvalue weighted by Crippen LogP contribution is 2.46. The molecule has 13 aromatic rings. The van der Waals surface area contributed by atoms with Gasteiger partial charge in [-0.25, -0.2) is 0 Å². The largest absolute Gasteiger partial charge is 0.456 e. The molecule has 0 saturated heterocycles. The van der Waals surface area contributed by atoms with Gasteiger partial charge in [0.1, 0.15) is 22.3 Å². The van der Waals surface area contributed by atoms with Crippen LogP contribution in [-0.4, -0.2) is 9.13 Å². The molecule has 4 heterocycles. The molecule has 0 radical (unpaired) electrons. The number of hydrogen-bond donors (Lipinski definition) is 0. The second kappa shape index (κ2) is 11.8. The first kappa shape index (κ1) is 31.4. The van der Waals surface area contributed by atoms with Crippen molar-refractivity contribution in [3.8, 4) is 33.6 Å². The fourth-order valence-electron chi connectivity index (χ4n) is 9.65. The number of para-hydroxylation sites is 4. The summed E-state index contributed by atoms with van der Waals surface area (Å²) in [5.41, 5.74) is 14.9. The van der Waals surface area contributed by atoms with Gasteiger partial charge in [0.05, 0.1) is 33.1 Å². The van der Waals surface area contributed by atoms with E-state index in [4.69, 9.17) is 8.83 Å². The van der Waals surface area contributed by atoms with E-state index in [9.17, 15) is 0 Å². The van der Waals surface area contributed by atoms with Gasteiger partial charge in [0.25, 0.3) is 0 Å². The van der Waals surface area contributed by atoms with Gasteiger partial charge in [-0.05, 0) is 83.4 Å². The minimum atomic E-state index is 0.873. The summed E-state index contributed by atoms with van der Waals surface area (Å²) in [6, 6.07) is 69.5. The number of rotatable bonds is 4. The second-order valence-corrected chi connectivity index (χ2v) is 15.2. The van der Waals surface area contributed by atoms with Crippen molar-refractivity contribution >= 4 is 87.5 Å². The van der Waals surface area contributed by atoms with Crippen molar-refractivity contribution in [2.45, 2.75) is 0 Å². The van der Waals surface area contributed by atoms with Gasteiger partial charge in [-0.2, -0.15) is 0 Å². The van der Waals surface area contributed by atoms with Crippen LogP contribution in [0.2, 0.25) is 0 Å². The third-order valence-corrected chi connectivity index (χ3v) is 12.1. The Morgan fingerprint density at radius 3 is 1.81 bits per heavy atom. The summed E-state index contributed by atoms with van der Waals surface area (Å²) >= 11 is 0. The zero-order valence-electron chi connectivity index (χ0n) is 31.2. The Hall–Kier alpha value is -7.82. The molecule has 58 heavy (non-hydrogen) atoms. The molecule has 0 amide bonds. The molecule has 0 fully saturated rings. The highest BCUT2D eigenvalue weighted by atomic mass is 16.3. The van der Waals surface area contributed by atoms with Gasteiger partial charge in [-0.15, -0.1) is 0 Å². The minimum Gasteiger partial charge on any atom is -0.456 e. The predicted octanol–water partition coefficient (Wildman–Crippen LogP) is 15.0. The van der Waals surface area contributed by atoms with Gasteiger partial charge in [-0.3, -0.25) is 0 Å². The van der Waals surface area contributed by atoms with Crippen LogP contribution in [0.5, 0.6) is 0 Å². The fourth-order valence-corrected chi connectivity index (χ4v) is 9.65. The topological polar surface area (TPSA) is 36.1 Å². The second-order valence-electron chi connectivity index (χ2n) is 15.2. The van der Waals surface area contributed by atoms with Crippen LogP contribution in [-0.2, 0) is 0 Å². The molecule has 9 aromatic carbocycles. The first-order valence-corrected chi connectivity index (χ1v) is 19.8. The van der Waals surface area contributed by atoms with Crippen LogP contribution in [0.25, 0.3) is 121 Å². The average molecular weight is 741 g/mol.